The Morgan fingerprint density at radius 1 is 1.00 bits per heavy atom. The molecule has 1 fully saturated rings. The van der Waals surface area contributed by atoms with Gasteiger partial charge in [-0.3, -0.25) is 4.57 Å². The van der Waals surface area contributed by atoms with Gasteiger partial charge in [0.25, 0.3) is 0 Å². The Morgan fingerprint density at radius 2 is 1.71 bits per heavy atom. The molecule has 1 saturated heterocycles. The number of halogens is 4. The first-order chi connectivity index (χ1) is 18.0. The molecule has 0 unspecified atom stereocenters. The minimum Gasteiger partial charge on any atom is -0.451 e. The van der Waals surface area contributed by atoms with Crippen molar-refractivity contribution < 1.29 is 22.3 Å². The number of aromatic nitrogens is 4. The lowest BCUT2D eigenvalue weighted by atomic mass is 9.82. The summed E-state index contributed by atoms with van der Waals surface area (Å²) in [5, 5.41) is 3.91. The highest BCUT2D eigenvalue weighted by atomic mass is 19.1. The fraction of sp³-hybridized carbons (Fsp3) is 0.269. The minimum absolute atomic E-state index is 0.0412. The zero-order valence-electron chi connectivity index (χ0n) is 20.5. The summed E-state index contributed by atoms with van der Waals surface area (Å²) < 4.78 is 64.6. The van der Waals surface area contributed by atoms with Crippen LogP contribution in [-0.4, -0.2) is 38.0 Å². The summed E-state index contributed by atoms with van der Waals surface area (Å²) in [6, 6.07) is 8.33. The minimum atomic E-state index is -0.879. The number of anilines is 1. The van der Waals surface area contributed by atoms with Crippen LogP contribution in [0.15, 0.2) is 59.8 Å². The maximum atomic E-state index is 14.9. The lowest BCUT2D eigenvalue weighted by Crippen LogP contribution is -2.59. The molecule has 0 saturated carbocycles. The number of nitrogens with zero attached hydrogens (tertiary/aromatic N) is 5. The highest BCUT2D eigenvalue weighted by molar-refractivity contribution is 5.49. The first kappa shape index (κ1) is 25.5. The molecule has 2 N–H and O–H groups in total. The molecular formula is C26H24F4N6O2. The predicted octanol–water partition coefficient (Wildman–Crippen LogP) is 4.00. The molecule has 8 nitrogen and oxygen atoms in total. The maximum absolute atomic E-state index is 14.9. The first-order valence-corrected chi connectivity index (χ1v) is 11.8. The van der Waals surface area contributed by atoms with Crippen molar-refractivity contribution in [3.8, 4) is 17.2 Å². The van der Waals surface area contributed by atoms with Crippen molar-refractivity contribution in [3.63, 3.8) is 0 Å². The van der Waals surface area contributed by atoms with Gasteiger partial charge in [0.05, 0.1) is 18.4 Å². The number of benzene rings is 2. The van der Waals surface area contributed by atoms with Crippen LogP contribution < -0.4 is 21.1 Å². The third-order valence-corrected chi connectivity index (χ3v) is 6.57. The van der Waals surface area contributed by atoms with Gasteiger partial charge in [0.1, 0.15) is 23.8 Å². The Morgan fingerprint density at radius 3 is 2.37 bits per heavy atom. The van der Waals surface area contributed by atoms with Crippen LogP contribution in [0.3, 0.4) is 0 Å². The Kier molecular flexibility index (Phi) is 6.43. The van der Waals surface area contributed by atoms with Gasteiger partial charge >= 0.3 is 5.69 Å². The van der Waals surface area contributed by atoms with E-state index in [1.807, 2.05) is 18.7 Å². The normalized spacial score (nSPS) is 14.0. The van der Waals surface area contributed by atoms with Gasteiger partial charge in [-0.05, 0) is 38.1 Å². The second kappa shape index (κ2) is 9.60. The fourth-order valence-electron chi connectivity index (χ4n) is 4.09. The quantitative estimate of drug-likeness (QED) is 0.365. The van der Waals surface area contributed by atoms with Crippen molar-refractivity contribution in [3.05, 3.63) is 94.3 Å². The van der Waals surface area contributed by atoms with E-state index in [1.54, 1.807) is 0 Å². The monoisotopic (exact) mass is 528 g/mol. The van der Waals surface area contributed by atoms with Crippen LogP contribution in [0.25, 0.3) is 5.69 Å². The van der Waals surface area contributed by atoms with Crippen molar-refractivity contribution in [2.75, 3.05) is 18.0 Å². The second-order valence-electron chi connectivity index (χ2n) is 9.77. The average Bonchev–Trinajstić information content (AvgIpc) is 3.17. The molecule has 3 heterocycles. The van der Waals surface area contributed by atoms with E-state index < -0.39 is 35.5 Å². The van der Waals surface area contributed by atoms with Gasteiger partial charge < -0.3 is 15.4 Å². The van der Waals surface area contributed by atoms with Gasteiger partial charge in [0, 0.05) is 42.2 Å². The van der Waals surface area contributed by atoms with Gasteiger partial charge in [-0.15, -0.1) is 0 Å². The maximum Gasteiger partial charge on any atom is 0.350 e. The number of hydrogen-bond acceptors (Lipinski definition) is 6. The summed E-state index contributed by atoms with van der Waals surface area (Å²) in [7, 11) is 0. The molecule has 0 atom stereocenters. The van der Waals surface area contributed by atoms with Crippen LogP contribution in [0.1, 0.15) is 19.4 Å². The van der Waals surface area contributed by atoms with Crippen LogP contribution in [-0.2, 0) is 6.54 Å². The van der Waals surface area contributed by atoms with Crippen molar-refractivity contribution in [1.29, 1.82) is 0 Å². The standard InChI is InChI=1S/C26H24F4N6O2/c1-26(2,31)15-11-34(12-15)24-9-23(21(30)10-32-24)38-22-7-6-16(8-20(22)29)36-25(37)35(14-33-36)13-17-18(27)4-3-5-19(17)28/h3-10,14-15H,11-13,31H2,1-2H3. The SMILES string of the molecule is CC(C)(N)C1CN(c2cc(Oc3ccc(-n4ncn(Cc5c(F)cccc5F)c4=O)cc3F)c(F)cn2)C1. The highest BCUT2D eigenvalue weighted by Gasteiger charge is 2.37. The lowest BCUT2D eigenvalue weighted by molar-refractivity contribution is 0.261. The second-order valence-corrected chi connectivity index (χ2v) is 9.77. The molecule has 0 radical (unpaired) electrons. The molecule has 0 amide bonds. The molecule has 2 aromatic carbocycles. The van der Waals surface area contributed by atoms with Crippen molar-refractivity contribution in [1.82, 2.24) is 19.3 Å². The van der Waals surface area contributed by atoms with Crippen LogP contribution in [0, 0.1) is 29.2 Å². The summed E-state index contributed by atoms with van der Waals surface area (Å²) in [6.07, 6.45) is 2.10. The van der Waals surface area contributed by atoms with E-state index in [4.69, 9.17) is 10.5 Å². The molecule has 0 aliphatic carbocycles. The summed E-state index contributed by atoms with van der Waals surface area (Å²) in [6.45, 7) is 4.78. The van der Waals surface area contributed by atoms with E-state index in [0.717, 1.165) is 40.0 Å². The summed E-state index contributed by atoms with van der Waals surface area (Å²) in [5.74, 6) is -3.04. The van der Waals surface area contributed by atoms with Gasteiger partial charge in [-0.1, -0.05) is 6.07 Å². The van der Waals surface area contributed by atoms with Crippen LogP contribution in [0.4, 0.5) is 23.4 Å². The Labute approximate surface area is 214 Å². The largest absolute Gasteiger partial charge is 0.451 e. The number of ether oxygens (including phenoxy) is 1. The topological polar surface area (TPSA) is 91.2 Å². The number of hydrogen-bond donors (Lipinski definition) is 1. The third kappa shape index (κ3) is 4.86. The molecule has 5 rings (SSSR count). The first-order valence-electron chi connectivity index (χ1n) is 11.8. The van der Waals surface area contributed by atoms with Gasteiger partial charge in [0.15, 0.2) is 23.1 Å². The fourth-order valence-corrected chi connectivity index (χ4v) is 4.09. The number of nitrogens with two attached hydrogens (primary N) is 1. The lowest BCUT2D eigenvalue weighted by Gasteiger charge is -2.46. The summed E-state index contributed by atoms with van der Waals surface area (Å²) in [4.78, 5) is 18.8. The molecule has 38 heavy (non-hydrogen) atoms. The number of pyridine rings is 1. The number of rotatable bonds is 7. The third-order valence-electron chi connectivity index (χ3n) is 6.57. The van der Waals surface area contributed by atoms with Crippen LogP contribution in [0.5, 0.6) is 11.5 Å². The molecule has 12 heteroatoms. The molecule has 2 aromatic heterocycles. The van der Waals surface area contributed by atoms with E-state index in [9.17, 15) is 22.4 Å². The molecule has 0 bridgehead atoms. The van der Waals surface area contributed by atoms with Gasteiger partial charge in [-0.25, -0.2) is 27.3 Å². The van der Waals surface area contributed by atoms with Crippen LogP contribution in [0.2, 0.25) is 0 Å². The van der Waals surface area contributed by atoms with E-state index in [0.29, 0.717) is 18.9 Å². The van der Waals surface area contributed by atoms with E-state index in [2.05, 4.69) is 10.1 Å². The molecule has 1 aliphatic rings. The average molecular weight is 529 g/mol. The Hall–Kier alpha value is -4.19. The van der Waals surface area contributed by atoms with Crippen molar-refractivity contribution in [2.45, 2.75) is 25.9 Å². The van der Waals surface area contributed by atoms with Gasteiger partial charge in [-0.2, -0.15) is 9.78 Å². The van der Waals surface area contributed by atoms with Crippen molar-refractivity contribution in [2.24, 2.45) is 11.7 Å². The highest BCUT2D eigenvalue weighted by Crippen LogP contribution is 2.34. The zero-order valence-corrected chi connectivity index (χ0v) is 20.5. The summed E-state index contributed by atoms with van der Waals surface area (Å²) >= 11 is 0. The predicted molar refractivity (Wildman–Crippen MR) is 131 cm³/mol. The molecule has 1 aliphatic heterocycles. The molecule has 4 aromatic rings. The van der Waals surface area contributed by atoms with Gasteiger partial charge in [0.2, 0.25) is 0 Å². The zero-order chi connectivity index (χ0) is 27.2. The van der Waals surface area contributed by atoms with E-state index in [-0.39, 0.29) is 34.2 Å². The molecule has 198 valence electrons. The van der Waals surface area contributed by atoms with E-state index >= 15 is 0 Å². The van der Waals surface area contributed by atoms with Crippen LogP contribution >= 0.6 is 0 Å². The van der Waals surface area contributed by atoms with E-state index in [1.165, 1.54) is 24.3 Å². The molecule has 0 spiro atoms. The smallest absolute Gasteiger partial charge is 0.350 e. The molecular weight excluding hydrogens is 504 g/mol. The Bertz CT molecular complexity index is 1540. The Balaban J connectivity index is 1.34. The van der Waals surface area contributed by atoms with Crippen molar-refractivity contribution >= 4 is 5.82 Å². The summed E-state index contributed by atoms with van der Waals surface area (Å²) in [5.41, 5.74) is 4.78.